The molecule has 0 saturated carbocycles. The van der Waals surface area contributed by atoms with Gasteiger partial charge >= 0.3 is 6.09 Å². The summed E-state index contributed by atoms with van der Waals surface area (Å²) >= 11 is 0. The van der Waals surface area contributed by atoms with Crippen LogP contribution in [0.4, 0.5) is 20.6 Å². The number of carbonyl (C=O) groups is 1. The molecule has 2 saturated heterocycles. The van der Waals surface area contributed by atoms with E-state index in [1.54, 1.807) is 18.2 Å². The second-order valence-electron chi connectivity index (χ2n) is 7.38. The average molecular weight is 450 g/mol. The maximum absolute atomic E-state index is 14.7. The highest BCUT2D eigenvalue weighted by Gasteiger charge is 2.36. The summed E-state index contributed by atoms with van der Waals surface area (Å²) in [5.41, 5.74) is 1.60. The lowest BCUT2D eigenvalue weighted by Gasteiger charge is -2.32. The van der Waals surface area contributed by atoms with Crippen LogP contribution in [-0.2, 0) is 23.8 Å². The van der Waals surface area contributed by atoms with E-state index in [4.69, 9.17) is 13.7 Å². The van der Waals surface area contributed by atoms with Gasteiger partial charge in [0, 0.05) is 13.1 Å². The van der Waals surface area contributed by atoms with E-state index in [0.717, 1.165) is 5.56 Å². The van der Waals surface area contributed by atoms with E-state index in [-0.39, 0.29) is 18.0 Å². The van der Waals surface area contributed by atoms with Gasteiger partial charge in [0.05, 0.1) is 36.0 Å². The zero-order chi connectivity index (χ0) is 22.0. The number of hydrogen-bond donors (Lipinski definition) is 0. The van der Waals surface area contributed by atoms with Crippen molar-refractivity contribution in [3.05, 3.63) is 53.8 Å². The first-order chi connectivity index (χ1) is 14.8. The van der Waals surface area contributed by atoms with Gasteiger partial charge in [0.15, 0.2) is 0 Å². The molecule has 2 aliphatic heterocycles. The van der Waals surface area contributed by atoms with Crippen LogP contribution in [0.25, 0.3) is 0 Å². The molecule has 1 unspecified atom stereocenters. The number of benzene rings is 2. The Kier molecular flexibility index (Phi) is 6.12. The van der Waals surface area contributed by atoms with E-state index in [2.05, 4.69) is 0 Å². The fraction of sp³-hybridized carbons (Fsp3) is 0.381. The summed E-state index contributed by atoms with van der Waals surface area (Å²) < 4.78 is 55.2. The summed E-state index contributed by atoms with van der Waals surface area (Å²) in [6.07, 6.45) is -1.49. The van der Waals surface area contributed by atoms with Crippen molar-refractivity contribution in [1.82, 2.24) is 0 Å². The minimum atomic E-state index is -3.99. The van der Waals surface area contributed by atoms with Crippen LogP contribution in [-0.4, -0.2) is 60.1 Å². The first-order valence-corrected chi connectivity index (χ1v) is 11.3. The third-order valence-corrected chi connectivity index (χ3v) is 6.47. The number of halogens is 1. The monoisotopic (exact) mass is 450 g/mol. The highest BCUT2D eigenvalue weighted by molar-refractivity contribution is 7.86. The first kappa shape index (κ1) is 21.5. The Bertz CT molecular complexity index is 1050. The van der Waals surface area contributed by atoms with Gasteiger partial charge in [0.2, 0.25) is 0 Å². The van der Waals surface area contributed by atoms with E-state index < -0.39 is 28.1 Å². The van der Waals surface area contributed by atoms with Crippen molar-refractivity contribution < 1.29 is 31.3 Å². The van der Waals surface area contributed by atoms with Crippen LogP contribution in [0.3, 0.4) is 0 Å². The normalized spacial score (nSPS) is 19.5. The van der Waals surface area contributed by atoms with Gasteiger partial charge in [-0.25, -0.2) is 9.18 Å². The Hall–Kier alpha value is -2.69. The molecule has 2 aromatic carbocycles. The highest BCUT2D eigenvalue weighted by atomic mass is 32.2. The molecule has 1 atom stereocenters. The molecule has 31 heavy (non-hydrogen) atoms. The fourth-order valence-corrected chi connectivity index (χ4v) is 4.50. The average Bonchev–Trinajstić information content (AvgIpc) is 3.13. The molecule has 0 bridgehead atoms. The van der Waals surface area contributed by atoms with Crippen LogP contribution >= 0.6 is 0 Å². The van der Waals surface area contributed by atoms with Crippen LogP contribution in [0.15, 0.2) is 47.4 Å². The molecule has 1 amide bonds. The van der Waals surface area contributed by atoms with Gasteiger partial charge in [-0.2, -0.15) is 8.42 Å². The summed E-state index contributed by atoms with van der Waals surface area (Å²) in [5, 5.41) is 0. The Morgan fingerprint density at radius 3 is 2.55 bits per heavy atom. The number of rotatable bonds is 6. The molecular formula is C21H23FN2O6S. The minimum Gasteiger partial charge on any atom is -0.441 e. The van der Waals surface area contributed by atoms with Gasteiger partial charge in [0.25, 0.3) is 10.1 Å². The number of carbonyl (C=O) groups excluding carboxylic acids is 1. The molecule has 0 N–H and O–H groups in total. The Labute approximate surface area is 180 Å². The fourth-order valence-electron chi connectivity index (χ4n) is 3.57. The summed E-state index contributed by atoms with van der Waals surface area (Å²) in [6.45, 7) is 3.48. The second-order valence-corrected chi connectivity index (χ2v) is 8.99. The molecule has 0 spiro atoms. The van der Waals surface area contributed by atoms with Crippen LogP contribution in [0.5, 0.6) is 0 Å². The lowest BCUT2D eigenvalue weighted by molar-refractivity contribution is 0.107. The number of cyclic esters (lactones) is 1. The van der Waals surface area contributed by atoms with E-state index in [1.165, 1.54) is 29.2 Å². The molecule has 4 rings (SSSR count). The first-order valence-electron chi connectivity index (χ1n) is 9.90. The maximum atomic E-state index is 14.7. The molecule has 8 nitrogen and oxygen atoms in total. The predicted molar refractivity (Wildman–Crippen MR) is 111 cm³/mol. The number of para-hydroxylation sites is 1. The van der Waals surface area contributed by atoms with Crippen molar-refractivity contribution >= 4 is 27.6 Å². The van der Waals surface area contributed by atoms with Crippen LogP contribution < -0.4 is 9.80 Å². The molecule has 10 heteroatoms. The van der Waals surface area contributed by atoms with Crippen molar-refractivity contribution in [3.63, 3.8) is 0 Å². The molecule has 0 radical (unpaired) electrons. The van der Waals surface area contributed by atoms with Crippen molar-refractivity contribution in [1.29, 1.82) is 0 Å². The van der Waals surface area contributed by atoms with Gasteiger partial charge in [-0.3, -0.25) is 9.08 Å². The standard InChI is InChI=1S/C21H23FN2O6S/c1-15-5-7-17(8-6-15)31(26,27)29-14-16-13-24(21(25)30-16)19-4-2-3-18(22)20(19)23-9-11-28-12-10-23/h2-8,16H,9-14H2,1H3. The summed E-state index contributed by atoms with van der Waals surface area (Å²) in [7, 11) is -3.99. The Morgan fingerprint density at radius 2 is 1.84 bits per heavy atom. The summed E-state index contributed by atoms with van der Waals surface area (Å²) in [6, 6.07) is 10.8. The number of hydrogen-bond acceptors (Lipinski definition) is 7. The number of amides is 1. The van der Waals surface area contributed by atoms with Crippen LogP contribution in [0.2, 0.25) is 0 Å². The number of nitrogens with zero attached hydrogens (tertiary/aromatic N) is 2. The number of morpholine rings is 1. The lowest BCUT2D eigenvalue weighted by atomic mass is 10.2. The number of ether oxygens (including phenoxy) is 2. The third kappa shape index (κ3) is 4.65. The Balaban J connectivity index is 1.48. The lowest BCUT2D eigenvalue weighted by Crippen LogP contribution is -2.38. The molecular weight excluding hydrogens is 427 g/mol. The molecule has 2 heterocycles. The van der Waals surface area contributed by atoms with Crippen LogP contribution in [0, 0.1) is 12.7 Å². The van der Waals surface area contributed by atoms with E-state index >= 15 is 0 Å². The summed E-state index contributed by atoms with van der Waals surface area (Å²) in [5.74, 6) is -0.450. The van der Waals surface area contributed by atoms with Crippen molar-refractivity contribution in [2.75, 3.05) is 49.3 Å². The second kappa shape index (κ2) is 8.81. The molecule has 166 valence electrons. The minimum absolute atomic E-state index is 0.0269. The molecule has 2 aromatic rings. The SMILES string of the molecule is Cc1ccc(S(=O)(=O)OCC2CN(c3cccc(F)c3N3CCOCC3)C(=O)O2)cc1. The quantitative estimate of drug-likeness (QED) is 0.626. The van der Waals surface area contributed by atoms with Crippen molar-refractivity contribution in [3.8, 4) is 0 Å². The number of aryl methyl sites for hydroxylation is 1. The van der Waals surface area contributed by atoms with Gasteiger partial charge in [-0.05, 0) is 31.2 Å². The number of anilines is 2. The molecule has 2 fully saturated rings. The predicted octanol–water partition coefficient (Wildman–Crippen LogP) is 2.70. The zero-order valence-electron chi connectivity index (χ0n) is 17.0. The van der Waals surface area contributed by atoms with E-state index in [1.807, 2.05) is 11.8 Å². The van der Waals surface area contributed by atoms with E-state index in [0.29, 0.717) is 37.7 Å². The van der Waals surface area contributed by atoms with Crippen molar-refractivity contribution in [2.24, 2.45) is 0 Å². The smallest absolute Gasteiger partial charge is 0.414 e. The third-order valence-electron chi connectivity index (χ3n) is 5.18. The molecule has 0 aliphatic carbocycles. The zero-order valence-corrected chi connectivity index (χ0v) is 17.8. The summed E-state index contributed by atoms with van der Waals surface area (Å²) in [4.78, 5) is 15.7. The van der Waals surface area contributed by atoms with Gasteiger partial charge in [0.1, 0.15) is 18.5 Å². The largest absolute Gasteiger partial charge is 0.441 e. The van der Waals surface area contributed by atoms with Gasteiger partial charge in [-0.15, -0.1) is 0 Å². The highest BCUT2D eigenvalue weighted by Crippen LogP contribution is 2.35. The molecule has 0 aromatic heterocycles. The van der Waals surface area contributed by atoms with Gasteiger partial charge in [-0.1, -0.05) is 23.8 Å². The van der Waals surface area contributed by atoms with Gasteiger partial charge < -0.3 is 14.4 Å². The van der Waals surface area contributed by atoms with E-state index in [9.17, 15) is 17.6 Å². The Morgan fingerprint density at radius 1 is 1.13 bits per heavy atom. The van der Waals surface area contributed by atoms with Crippen molar-refractivity contribution in [2.45, 2.75) is 17.9 Å². The topological polar surface area (TPSA) is 85.4 Å². The maximum Gasteiger partial charge on any atom is 0.414 e. The molecule has 2 aliphatic rings. The van der Waals surface area contributed by atoms with Crippen LogP contribution in [0.1, 0.15) is 5.56 Å².